The Morgan fingerprint density at radius 2 is 0.953 bits per heavy atom. The van der Waals surface area contributed by atoms with E-state index in [0.717, 1.165) is 27.6 Å². The quantitative estimate of drug-likeness (QED) is 0.222. The number of halogens is 1. The van der Waals surface area contributed by atoms with Gasteiger partial charge in [-0.2, -0.15) is 0 Å². The molecule has 0 aliphatic heterocycles. The van der Waals surface area contributed by atoms with Gasteiger partial charge in [0.05, 0.1) is 35.2 Å². The van der Waals surface area contributed by atoms with Crippen molar-refractivity contribution < 1.29 is 9.59 Å². The lowest BCUT2D eigenvalue weighted by Gasteiger charge is -2.04. The molecule has 0 spiro atoms. The zero-order chi connectivity index (χ0) is 30.0. The number of nitrogens with zero attached hydrogens (tertiary/aromatic N) is 4. The van der Waals surface area contributed by atoms with E-state index < -0.39 is 0 Å². The molecule has 0 saturated heterocycles. The van der Waals surface area contributed by atoms with Crippen LogP contribution in [-0.2, 0) is 27.2 Å². The standard InChI is InChI=1S/C17H17N3O.C16H14ClN3O.CH4/c1-12-7-9-13(10-8-12)16(21)11-20-15-6-4-3-5-14(15)19(2)17(20)18;1-19-13-4-2-3-5-14(13)20(16(19)18)10-15(21)11-6-8-12(17)9-7-11;/h3-10,18H,11H2,1-2H3;2-9,18H,10H2,1H3;1H4. The Bertz CT molecular complexity index is 1890. The smallest absolute Gasteiger partial charge is 0.203 e. The number of fused-ring (bicyclic) bond motifs is 2. The summed E-state index contributed by atoms with van der Waals surface area (Å²) in [4.78, 5) is 24.8. The lowest BCUT2D eigenvalue weighted by atomic mass is 10.1. The molecule has 0 aliphatic rings. The van der Waals surface area contributed by atoms with Crippen LogP contribution in [0.1, 0.15) is 33.7 Å². The number of hydrogen-bond acceptors (Lipinski definition) is 4. The molecule has 2 heterocycles. The van der Waals surface area contributed by atoms with Crippen molar-refractivity contribution in [3.8, 4) is 0 Å². The fourth-order valence-electron chi connectivity index (χ4n) is 4.94. The average Bonchev–Trinajstić information content (AvgIpc) is 3.38. The van der Waals surface area contributed by atoms with Crippen molar-refractivity contribution in [3.05, 3.63) is 130 Å². The van der Waals surface area contributed by atoms with Crippen LogP contribution in [0, 0.1) is 17.7 Å². The van der Waals surface area contributed by atoms with Crippen LogP contribution >= 0.6 is 11.6 Å². The highest BCUT2D eigenvalue weighted by molar-refractivity contribution is 6.30. The predicted molar refractivity (Wildman–Crippen MR) is 172 cm³/mol. The zero-order valence-corrected chi connectivity index (χ0v) is 24.4. The topological polar surface area (TPSA) is 102 Å². The summed E-state index contributed by atoms with van der Waals surface area (Å²) in [7, 11) is 3.67. The third-order valence-electron chi connectivity index (χ3n) is 7.36. The molecule has 0 unspecified atom stereocenters. The minimum atomic E-state index is -0.0403. The van der Waals surface area contributed by atoms with Crippen LogP contribution in [0.3, 0.4) is 0 Å². The molecule has 2 aromatic heterocycles. The summed E-state index contributed by atoms with van der Waals surface area (Å²) in [5.74, 6) is -0.0219. The van der Waals surface area contributed by atoms with Crippen LogP contribution in [0.25, 0.3) is 22.1 Å². The Labute approximate surface area is 255 Å². The van der Waals surface area contributed by atoms with E-state index in [2.05, 4.69) is 0 Å². The second kappa shape index (κ2) is 12.9. The van der Waals surface area contributed by atoms with Crippen molar-refractivity contribution >= 4 is 45.2 Å². The number of ketones is 2. The molecule has 43 heavy (non-hydrogen) atoms. The van der Waals surface area contributed by atoms with E-state index in [1.54, 1.807) is 42.5 Å². The van der Waals surface area contributed by atoms with Crippen LogP contribution < -0.4 is 11.2 Å². The first-order chi connectivity index (χ1) is 20.2. The maximum atomic E-state index is 12.4. The van der Waals surface area contributed by atoms with Gasteiger partial charge >= 0.3 is 0 Å². The van der Waals surface area contributed by atoms with Crippen molar-refractivity contribution in [2.24, 2.45) is 14.1 Å². The summed E-state index contributed by atoms with van der Waals surface area (Å²) in [6, 6.07) is 29.8. The number of aryl methyl sites for hydroxylation is 3. The number of aromatic nitrogens is 4. The molecule has 9 heteroatoms. The first kappa shape index (κ1) is 31.0. The van der Waals surface area contributed by atoms with Gasteiger partial charge in [-0.05, 0) is 55.5 Å². The van der Waals surface area contributed by atoms with Crippen LogP contribution in [0.2, 0.25) is 5.02 Å². The van der Waals surface area contributed by atoms with Crippen molar-refractivity contribution in [2.75, 3.05) is 0 Å². The summed E-state index contributed by atoms with van der Waals surface area (Å²) in [6.45, 7) is 2.32. The van der Waals surface area contributed by atoms with Crippen LogP contribution in [0.15, 0.2) is 97.1 Å². The molecule has 8 nitrogen and oxygen atoms in total. The Hall–Kier alpha value is -4.95. The normalized spacial score (nSPS) is 10.7. The Kier molecular flexibility index (Phi) is 9.31. The lowest BCUT2D eigenvalue weighted by molar-refractivity contribution is 0.0963. The van der Waals surface area contributed by atoms with Crippen LogP contribution in [0.5, 0.6) is 0 Å². The number of Topliss-reactive ketones (excluding diaryl/α,β-unsaturated/α-hetero) is 2. The molecule has 0 bridgehead atoms. The number of carbonyl (C=O) groups is 2. The summed E-state index contributed by atoms with van der Waals surface area (Å²) < 4.78 is 7.02. The molecule has 2 N–H and O–H groups in total. The summed E-state index contributed by atoms with van der Waals surface area (Å²) in [6.07, 6.45) is 0. The van der Waals surface area contributed by atoms with Gasteiger partial charge in [-0.25, -0.2) is 0 Å². The molecule has 0 aliphatic carbocycles. The van der Waals surface area contributed by atoms with E-state index in [4.69, 9.17) is 22.4 Å². The number of rotatable bonds is 6. The van der Waals surface area contributed by atoms with Crippen molar-refractivity contribution in [1.82, 2.24) is 18.3 Å². The Morgan fingerprint density at radius 3 is 1.35 bits per heavy atom. The summed E-state index contributed by atoms with van der Waals surface area (Å²) in [5, 5.41) is 17.0. The third-order valence-corrected chi connectivity index (χ3v) is 7.61. The van der Waals surface area contributed by atoms with Gasteiger partial charge in [0.15, 0.2) is 11.6 Å². The van der Waals surface area contributed by atoms with Gasteiger partial charge < -0.3 is 18.3 Å². The highest BCUT2D eigenvalue weighted by Crippen LogP contribution is 2.15. The molecule has 0 saturated carbocycles. The largest absolute Gasteiger partial charge is 0.313 e. The van der Waals surface area contributed by atoms with Gasteiger partial charge in [0, 0.05) is 30.2 Å². The summed E-state index contributed by atoms with van der Waals surface area (Å²) >= 11 is 5.83. The van der Waals surface area contributed by atoms with Crippen molar-refractivity contribution in [1.29, 1.82) is 10.8 Å². The number of benzene rings is 4. The minimum Gasteiger partial charge on any atom is -0.313 e. The highest BCUT2D eigenvalue weighted by Gasteiger charge is 2.14. The van der Waals surface area contributed by atoms with Gasteiger partial charge in [0.1, 0.15) is 0 Å². The number of carbonyl (C=O) groups excluding carboxylic acids is 2. The maximum Gasteiger partial charge on any atom is 0.203 e. The fraction of sp³-hybridized carbons (Fsp3) is 0.176. The molecule has 0 atom stereocenters. The van der Waals surface area contributed by atoms with E-state index in [0.29, 0.717) is 27.4 Å². The molecule has 6 aromatic rings. The second-order valence-corrected chi connectivity index (χ2v) is 10.6. The van der Waals surface area contributed by atoms with Crippen molar-refractivity contribution in [2.45, 2.75) is 27.4 Å². The van der Waals surface area contributed by atoms with Gasteiger partial charge in [0.2, 0.25) is 11.2 Å². The molecule has 4 aromatic carbocycles. The number of nitrogens with one attached hydrogen (secondary N) is 2. The van der Waals surface area contributed by atoms with Gasteiger partial charge in [0.25, 0.3) is 0 Å². The van der Waals surface area contributed by atoms with E-state index in [1.165, 1.54) is 0 Å². The monoisotopic (exact) mass is 594 g/mol. The van der Waals surface area contributed by atoms with Crippen LogP contribution in [-0.4, -0.2) is 29.8 Å². The van der Waals surface area contributed by atoms with Gasteiger partial charge in [-0.1, -0.05) is 73.1 Å². The molecular formula is C34H35ClN6O2. The number of imidazole rings is 2. The Balaban J connectivity index is 0.000000192. The molecular weight excluding hydrogens is 560 g/mol. The molecule has 0 fully saturated rings. The first-order valence-corrected chi connectivity index (χ1v) is 13.8. The lowest BCUT2D eigenvalue weighted by Crippen LogP contribution is -2.25. The van der Waals surface area contributed by atoms with E-state index in [-0.39, 0.29) is 32.1 Å². The van der Waals surface area contributed by atoms with Gasteiger partial charge in [-0.15, -0.1) is 0 Å². The molecule has 0 amide bonds. The highest BCUT2D eigenvalue weighted by atomic mass is 35.5. The number of para-hydroxylation sites is 4. The maximum absolute atomic E-state index is 12.4. The van der Waals surface area contributed by atoms with E-state index in [9.17, 15) is 9.59 Å². The molecule has 220 valence electrons. The van der Waals surface area contributed by atoms with Crippen LogP contribution in [0.4, 0.5) is 0 Å². The van der Waals surface area contributed by atoms with Crippen molar-refractivity contribution in [3.63, 3.8) is 0 Å². The average molecular weight is 595 g/mol. The molecule has 0 radical (unpaired) electrons. The second-order valence-electron chi connectivity index (χ2n) is 10.1. The first-order valence-electron chi connectivity index (χ1n) is 13.4. The zero-order valence-electron chi connectivity index (χ0n) is 23.6. The minimum absolute atomic E-state index is 0. The number of hydrogen-bond donors (Lipinski definition) is 2. The summed E-state index contributed by atoms with van der Waals surface area (Å²) in [5.41, 5.74) is 6.73. The Morgan fingerprint density at radius 1 is 0.605 bits per heavy atom. The van der Waals surface area contributed by atoms with E-state index >= 15 is 0 Å². The third kappa shape index (κ3) is 6.29. The molecule has 6 rings (SSSR count). The van der Waals surface area contributed by atoms with E-state index in [1.807, 2.05) is 93.8 Å². The van der Waals surface area contributed by atoms with Gasteiger partial charge in [-0.3, -0.25) is 20.4 Å². The predicted octanol–water partition coefficient (Wildman–Crippen LogP) is 6.28. The fourth-order valence-corrected chi connectivity index (χ4v) is 5.06. The SMILES string of the molecule is C.Cc1ccc(C(=O)Cn2c(=N)n(C)c3ccccc32)cc1.Cn1c(=N)n(CC(=O)c2ccc(Cl)cc2)c2ccccc21.